The Kier molecular flexibility index (Phi) is 4.04. The molecule has 3 nitrogen and oxygen atoms in total. The highest BCUT2D eigenvalue weighted by Crippen LogP contribution is 2.34. The van der Waals surface area contributed by atoms with Crippen molar-refractivity contribution in [2.45, 2.75) is 32.4 Å². The van der Waals surface area contributed by atoms with Gasteiger partial charge in [0.1, 0.15) is 5.82 Å². The summed E-state index contributed by atoms with van der Waals surface area (Å²) in [5.74, 6) is 1.99. The van der Waals surface area contributed by atoms with Crippen molar-refractivity contribution in [2.75, 3.05) is 24.5 Å². The summed E-state index contributed by atoms with van der Waals surface area (Å²) in [6.07, 6.45) is 4.55. The van der Waals surface area contributed by atoms with Gasteiger partial charge in [0.15, 0.2) is 0 Å². The highest BCUT2D eigenvalue weighted by Gasteiger charge is 2.38. The molecule has 1 aromatic heterocycles. The summed E-state index contributed by atoms with van der Waals surface area (Å²) < 4.78 is 0. The SMILES string of the molecule is Cc1cccc(CN2CCC3CCN(c4ccccn4)CC32)c1. The van der Waals surface area contributed by atoms with Crippen LogP contribution in [0.3, 0.4) is 0 Å². The zero-order valence-electron chi connectivity index (χ0n) is 13.9. The fourth-order valence-corrected chi connectivity index (χ4v) is 4.22. The Bertz CT molecular complexity index is 655. The lowest BCUT2D eigenvalue weighted by molar-refractivity contribution is 0.200. The van der Waals surface area contributed by atoms with Crippen molar-refractivity contribution in [3.05, 3.63) is 59.8 Å². The first-order valence-corrected chi connectivity index (χ1v) is 8.75. The second-order valence-corrected chi connectivity index (χ2v) is 7.00. The summed E-state index contributed by atoms with van der Waals surface area (Å²) >= 11 is 0. The van der Waals surface area contributed by atoms with E-state index in [1.165, 1.54) is 30.5 Å². The number of fused-ring (bicyclic) bond motifs is 1. The van der Waals surface area contributed by atoms with E-state index in [9.17, 15) is 0 Å². The van der Waals surface area contributed by atoms with Crippen LogP contribution >= 0.6 is 0 Å². The third kappa shape index (κ3) is 3.11. The van der Waals surface area contributed by atoms with Crippen LogP contribution in [-0.4, -0.2) is 35.6 Å². The topological polar surface area (TPSA) is 19.4 Å². The molecule has 0 saturated carbocycles. The maximum atomic E-state index is 4.54. The van der Waals surface area contributed by atoms with Gasteiger partial charge in [0, 0.05) is 31.9 Å². The lowest BCUT2D eigenvalue weighted by Gasteiger charge is -2.39. The first kappa shape index (κ1) is 14.7. The number of aryl methyl sites for hydroxylation is 1. The van der Waals surface area contributed by atoms with E-state index in [2.05, 4.69) is 58.1 Å². The third-order valence-corrected chi connectivity index (χ3v) is 5.42. The van der Waals surface area contributed by atoms with Gasteiger partial charge in [-0.2, -0.15) is 0 Å². The molecule has 0 bridgehead atoms. The van der Waals surface area contributed by atoms with Gasteiger partial charge < -0.3 is 4.90 Å². The van der Waals surface area contributed by atoms with Crippen molar-refractivity contribution in [2.24, 2.45) is 5.92 Å². The number of anilines is 1. The maximum absolute atomic E-state index is 4.54. The molecule has 0 radical (unpaired) electrons. The minimum absolute atomic E-state index is 0.672. The molecule has 4 rings (SSSR count). The van der Waals surface area contributed by atoms with E-state index < -0.39 is 0 Å². The Labute approximate surface area is 139 Å². The van der Waals surface area contributed by atoms with E-state index in [0.29, 0.717) is 6.04 Å². The van der Waals surface area contributed by atoms with E-state index in [0.717, 1.165) is 31.4 Å². The quantitative estimate of drug-likeness (QED) is 0.865. The Hall–Kier alpha value is -1.87. The summed E-state index contributed by atoms with van der Waals surface area (Å²) in [5, 5.41) is 0. The van der Waals surface area contributed by atoms with Gasteiger partial charge in [0.25, 0.3) is 0 Å². The number of pyridine rings is 1. The average Bonchev–Trinajstić information content (AvgIpc) is 2.98. The molecule has 120 valence electrons. The van der Waals surface area contributed by atoms with E-state index in [4.69, 9.17) is 0 Å². The average molecular weight is 307 g/mol. The van der Waals surface area contributed by atoms with E-state index in [-0.39, 0.29) is 0 Å². The maximum Gasteiger partial charge on any atom is 0.128 e. The van der Waals surface area contributed by atoms with Crippen LogP contribution in [0.25, 0.3) is 0 Å². The van der Waals surface area contributed by atoms with Gasteiger partial charge in [-0.3, -0.25) is 4.90 Å². The predicted octanol–water partition coefficient (Wildman–Crippen LogP) is 3.49. The molecular formula is C20H25N3. The lowest BCUT2D eigenvalue weighted by atomic mass is 9.92. The number of rotatable bonds is 3. The van der Waals surface area contributed by atoms with Crippen molar-refractivity contribution < 1.29 is 0 Å². The molecule has 2 saturated heterocycles. The Morgan fingerprint density at radius 3 is 2.83 bits per heavy atom. The third-order valence-electron chi connectivity index (χ3n) is 5.42. The molecule has 3 heterocycles. The monoisotopic (exact) mass is 307 g/mol. The molecule has 0 N–H and O–H groups in total. The highest BCUT2D eigenvalue weighted by molar-refractivity contribution is 5.39. The molecule has 0 amide bonds. The van der Waals surface area contributed by atoms with Gasteiger partial charge in [-0.15, -0.1) is 0 Å². The second kappa shape index (κ2) is 6.32. The zero-order chi connectivity index (χ0) is 15.6. The van der Waals surface area contributed by atoms with Gasteiger partial charge in [0.2, 0.25) is 0 Å². The smallest absolute Gasteiger partial charge is 0.128 e. The van der Waals surface area contributed by atoms with Crippen molar-refractivity contribution in [1.82, 2.24) is 9.88 Å². The fraction of sp³-hybridized carbons (Fsp3) is 0.450. The van der Waals surface area contributed by atoms with E-state index in [1.807, 2.05) is 12.3 Å². The molecule has 2 aliphatic rings. The van der Waals surface area contributed by atoms with Crippen LogP contribution < -0.4 is 4.90 Å². The largest absolute Gasteiger partial charge is 0.355 e. The summed E-state index contributed by atoms with van der Waals surface area (Å²) in [4.78, 5) is 9.70. The van der Waals surface area contributed by atoms with Crippen LogP contribution in [0.4, 0.5) is 5.82 Å². The first-order valence-electron chi connectivity index (χ1n) is 8.75. The first-order chi connectivity index (χ1) is 11.3. The van der Waals surface area contributed by atoms with Gasteiger partial charge in [-0.05, 0) is 49.9 Å². The number of benzene rings is 1. The molecular weight excluding hydrogens is 282 g/mol. The molecule has 3 heteroatoms. The van der Waals surface area contributed by atoms with Gasteiger partial charge in [0.05, 0.1) is 0 Å². The lowest BCUT2D eigenvalue weighted by Crippen LogP contribution is -2.48. The number of hydrogen-bond acceptors (Lipinski definition) is 3. The number of hydrogen-bond donors (Lipinski definition) is 0. The molecule has 0 spiro atoms. The van der Waals surface area contributed by atoms with Crippen LogP contribution in [-0.2, 0) is 6.54 Å². The van der Waals surface area contributed by atoms with Crippen molar-refractivity contribution >= 4 is 5.82 Å². The van der Waals surface area contributed by atoms with Crippen LogP contribution in [0.2, 0.25) is 0 Å². The molecule has 2 aliphatic heterocycles. The van der Waals surface area contributed by atoms with Crippen molar-refractivity contribution in [3.8, 4) is 0 Å². The van der Waals surface area contributed by atoms with Crippen LogP contribution in [0.1, 0.15) is 24.0 Å². The molecule has 1 aromatic carbocycles. The molecule has 23 heavy (non-hydrogen) atoms. The van der Waals surface area contributed by atoms with Gasteiger partial charge in [-0.1, -0.05) is 35.9 Å². The summed E-state index contributed by atoms with van der Waals surface area (Å²) in [6, 6.07) is 15.8. The standard InChI is InChI=1S/C20H25N3/c1-16-5-4-6-17(13-16)14-22-11-8-18-9-12-23(15-19(18)22)20-7-2-3-10-21-20/h2-7,10,13,18-19H,8-9,11-12,14-15H2,1H3. The van der Waals surface area contributed by atoms with Crippen LogP contribution in [0.5, 0.6) is 0 Å². The van der Waals surface area contributed by atoms with E-state index in [1.54, 1.807) is 0 Å². The Balaban J connectivity index is 1.48. The minimum Gasteiger partial charge on any atom is -0.355 e. The highest BCUT2D eigenvalue weighted by atomic mass is 15.3. The fourth-order valence-electron chi connectivity index (χ4n) is 4.22. The summed E-state index contributed by atoms with van der Waals surface area (Å²) in [5.41, 5.74) is 2.80. The minimum atomic E-state index is 0.672. The predicted molar refractivity (Wildman–Crippen MR) is 94.6 cm³/mol. The van der Waals surface area contributed by atoms with Gasteiger partial charge >= 0.3 is 0 Å². The zero-order valence-corrected chi connectivity index (χ0v) is 13.9. The molecule has 2 fully saturated rings. The Morgan fingerprint density at radius 2 is 2.00 bits per heavy atom. The number of piperidine rings is 1. The molecule has 2 aromatic rings. The number of likely N-dealkylation sites (tertiary alicyclic amines) is 1. The summed E-state index contributed by atoms with van der Waals surface area (Å²) in [7, 11) is 0. The molecule has 0 aliphatic carbocycles. The van der Waals surface area contributed by atoms with Gasteiger partial charge in [-0.25, -0.2) is 4.98 Å². The van der Waals surface area contributed by atoms with Crippen molar-refractivity contribution in [3.63, 3.8) is 0 Å². The number of aromatic nitrogens is 1. The number of nitrogens with zero attached hydrogens (tertiary/aromatic N) is 3. The van der Waals surface area contributed by atoms with Crippen molar-refractivity contribution in [1.29, 1.82) is 0 Å². The van der Waals surface area contributed by atoms with Crippen LogP contribution in [0, 0.1) is 12.8 Å². The van der Waals surface area contributed by atoms with Crippen LogP contribution in [0.15, 0.2) is 48.7 Å². The molecule has 2 unspecified atom stereocenters. The second-order valence-electron chi connectivity index (χ2n) is 7.00. The van der Waals surface area contributed by atoms with E-state index >= 15 is 0 Å². The summed E-state index contributed by atoms with van der Waals surface area (Å²) in [6.45, 7) is 6.77. The Morgan fingerprint density at radius 1 is 1.09 bits per heavy atom. The normalized spacial score (nSPS) is 24.7. The molecule has 2 atom stereocenters.